The van der Waals surface area contributed by atoms with Crippen molar-refractivity contribution in [2.24, 2.45) is 0 Å². The first-order valence-corrected chi connectivity index (χ1v) is 7.54. The predicted octanol–water partition coefficient (Wildman–Crippen LogP) is 3.64. The maximum Gasteiger partial charge on any atom is 0.0908 e. The Kier molecular flexibility index (Phi) is 4.88. The number of halogens is 1. The van der Waals surface area contributed by atoms with E-state index in [1.807, 2.05) is 25.1 Å². The Labute approximate surface area is 120 Å². The van der Waals surface area contributed by atoms with Gasteiger partial charge in [0.1, 0.15) is 0 Å². The van der Waals surface area contributed by atoms with Crippen LogP contribution in [0.5, 0.6) is 0 Å². The molecule has 1 aromatic rings. The molecule has 1 atom stereocenters. The molecule has 1 aliphatic carbocycles. The molecule has 0 bridgehead atoms. The minimum absolute atomic E-state index is 0.426. The zero-order valence-corrected chi connectivity index (χ0v) is 12.3. The van der Waals surface area contributed by atoms with E-state index < -0.39 is 11.7 Å². The molecule has 0 aromatic heterocycles. The largest absolute Gasteiger partial charge is 0.390 e. The summed E-state index contributed by atoms with van der Waals surface area (Å²) in [6.45, 7) is 1.99. The molecular weight excluding hydrogens is 260 g/mol. The van der Waals surface area contributed by atoms with E-state index in [9.17, 15) is 10.2 Å². The lowest BCUT2D eigenvalue weighted by Gasteiger charge is -2.32. The van der Waals surface area contributed by atoms with Gasteiger partial charge in [-0.15, -0.1) is 0 Å². The van der Waals surface area contributed by atoms with Gasteiger partial charge >= 0.3 is 0 Å². The van der Waals surface area contributed by atoms with E-state index in [-0.39, 0.29) is 0 Å². The SMILES string of the molecule is Cc1ccc(CC(O)C2(O)CCCCCC2)c(Cl)c1. The van der Waals surface area contributed by atoms with Crippen molar-refractivity contribution in [3.05, 3.63) is 34.3 Å². The molecule has 2 N–H and O–H groups in total. The normalized spacial score (nSPS) is 20.8. The third kappa shape index (κ3) is 3.71. The molecule has 1 fully saturated rings. The predicted molar refractivity (Wildman–Crippen MR) is 78.6 cm³/mol. The Morgan fingerprint density at radius 1 is 1.21 bits per heavy atom. The molecule has 2 nitrogen and oxygen atoms in total. The van der Waals surface area contributed by atoms with Crippen LogP contribution >= 0.6 is 11.6 Å². The van der Waals surface area contributed by atoms with Gasteiger partial charge in [0, 0.05) is 11.4 Å². The van der Waals surface area contributed by atoms with Crippen LogP contribution < -0.4 is 0 Å². The number of benzene rings is 1. The summed E-state index contributed by atoms with van der Waals surface area (Å²) in [5.74, 6) is 0. The van der Waals surface area contributed by atoms with Crippen LogP contribution in [0.15, 0.2) is 18.2 Å². The fourth-order valence-corrected chi connectivity index (χ4v) is 3.20. The highest BCUT2D eigenvalue weighted by Crippen LogP contribution is 2.32. The first-order chi connectivity index (χ1) is 9.01. The van der Waals surface area contributed by atoms with Gasteiger partial charge in [-0.2, -0.15) is 0 Å². The molecule has 1 aliphatic rings. The number of aliphatic hydroxyl groups is 2. The molecule has 3 heteroatoms. The summed E-state index contributed by atoms with van der Waals surface area (Å²) in [6.07, 6.45) is 5.38. The van der Waals surface area contributed by atoms with Gasteiger partial charge in [0.25, 0.3) is 0 Å². The summed E-state index contributed by atoms with van der Waals surface area (Å²) in [7, 11) is 0. The average molecular weight is 283 g/mol. The smallest absolute Gasteiger partial charge is 0.0908 e. The highest BCUT2D eigenvalue weighted by Gasteiger charge is 2.35. The highest BCUT2D eigenvalue weighted by atomic mass is 35.5. The van der Waals surface area contributed by atoms with Gasteiger partial charge in [-0.05, 0) is 37.0 Å². The summed E-state index contributed by atoms with van der Waals surface area (Å²) >= 11 is 6.20. The number of aryl methyl sites for hydroxylation is 1. The first kappa shape index (κ1) is 14.8. The van der Waals surface area contributed by atoms with Gasteiger partial charge in [0.05, 0.1) is 11.7 Å². The van der Waals surface area contributed by atoms with Gasteiger partial charge in [-0.1, -0.05) is 49.4 Å². The molecule has 1 unspecified atom stereocenters. The van der Waals surface area contributed by atoms with Crippen molar-refractivity contribution in [2.45, 2.75) is 63.6 Å². The molecule has 1 saturated carbocycles. The number of aliphatic hydroxyl groups excluding tert-OH is 1. The minimum Gasteiger partial charge on any atom is -0.390 e. The van der Waals surface area contributed by atoms with Crippen LogP contribution in [0.2, 0.25) is 5.02 Å². The lowest BCUT2D eigenvalue weighted by atomic mass is 9.85. The molecule has 0 spiro atoms. The van der Waals surface area contributed by atoms with Crippen LogP contribution in [0.4, 0.5) is 0 Å². The van der Waals surface area contributed by atoms with E-state index in [2.05, 4.69) is 0 Å². The summed E-state index contributed by atoms with van der Waals surface area (Å²) in [6, 6.07) is 5.84. The molecule has 0 aliphatic heterocycles. The van der Waals surface area contributed by atoms with Gasteiger partial charge < -0.3 is 10.2 Å². The van der Waals surface area contributed by atoms with Crippen LogP contribution in [-0.2, 0) is 6.42 Å². The molecule has 0 amide bonds. The van der Waals surface area contributed by atoms with Crippen LogP contribution in [0.3, 0.4) is 0 Å². The zero-order chi connectivity index (χ0) is 13.9. The molecule has 2 rings (SSSR count). The van der Waals surface area contributed by atoms with E-state index in [1.165, 1.54) is 0 Å². The standard InChI is InChI=1S/C16H23ClO2/c1-12-6-7-13(14(17)10-12)11-15(18)16(19)8-4-2-3-5-9-16/h6-7,10,15,18-19H,2-5,8-9,11H2,1H3. The average Bonchev–Trinajstić information content (AvgIpc) is 2.58. The van der Waals surface area contributed by atoms with Crippen molar-refractivity contribution in [3.8, 4) is 0 Å². The quantitative estimate of drug-likeness (QED) is 0.831. The highest BCUT2D eigenvalue weighted by molar-refractivity contribution is 6.31. The van der Waals surface area contributed by atoms with Crippen molar-refractivity contribution < 1.29 is 10.2 Å². The molecular formula is C16H23ClO2. The van der Waals surface area contributed by atoms with Crippen molar-refractivity contribution in [2.75, 3.05) is 0 Å². The third-order valence-corrected chi connectivity index (χ3v) is 4.56. The van der Waals surface area contributed by atoms with E-state index in [0.717, 1.165) is 36.8 Å². The summed E-state index contributed by atoms with van der Waals surface area (Å²) in [5.41, 5.74) is 1.08. The van der Waals surface area contributed by atoms with Crippen LogP contribution in [0.25, 0.3) is 0 Å². The van der Waals surface area contributed by atoms with Gasteiger partial charge in [-0.25, -0.2) is 0 Å². The Hall–Kier alpha value is -0.570. The minimum atomic E-state index is -0.940. The molecule has 19 heavy (non-hydrogen) atoms. The van der Waals surface area contributed by atoms with Crippen LogP contribution in [0.1, 0.15) is 49.7 Å². The van der Waals surface area contributed by atoms with Crippen molar-refractivity contribution in [1.29, 1.82) is 0 Å². The lowest BCUT2D eigenvalue weighted by molar-refractivity contribution is -0.0836. The first-order valence-electron chi connectivity index (χ1n) is 7.17. The Morgan fingerprint density at radius 3 is 2.42 bits per heavy atom. The molecule has 0 saturated heterocycles. The Bertz CT molecular complexity index is 423. The van der Waals surface area contributed by atoms with Gasteiger partial charge in [-0.3, -0.25) is 0 Å². The maximum absolute atomic E-state index is 10.6. The lowest BCUT2D eigenvalue weighted by Crippen LogP contribution is -2.43. The second kappa shape index (κ2) is 6.25. The van der Waals surface area contributed by atoms with E-state index in [4.69, 9.17) is 11.6 Å². The maximum atomic E-state index is 10.6. The Balaban J connectivity index is 2.08. The van der Waals surface area contributed by atoms with Gasteiger partial charge in [0.2, 0.25) is 0 Å². The molecule has 1 aromatic carbocycles. The summed E-state index contributed by atoms with van der Waals surface area (Å²) < 4.78 is 0. The fraction of sp³-hybridized carbons (Fsp3) is 0.625. The van der Waals surface area contributed by atoms with E-state index in [1.54, 1.807) is 0 Å². The Morgan fingerprint density at radius 2 is 1.84 bits per heavy atom. The topological polar surface area (TPSA) is 40.5 Å². The second-order valence-electron chi connectivity index (χ2n) is 5.83. The molecule has 0 heterocycles. The summed E-state index contributed by atoms with van der Waals surface area (Å²) in [5, 5.41) is 21.7. The van der Waals surface area contributed by atoms with Crippen LogP contribution in [-0.4, -0.2) is 21.9 Å². The molecule has 106 valence electrons. The van der Waals surface area contributed by atoms with E-state index in [0.29, 0.717) is 24.3 Å². The number of hydrogen-bond donors (Lipinski definition) is 2. The van der Waals surface area contributed by atoms with Crippen molar-refractivity contribution >= 4 is 11.6 Å². The second-order valence-corrected chi connectivity index (χ2v) is 6.24. The monoisotopic (exact) mass is 282 g/mol. The van der Waals surface area contributed by atoms with Crippen molar-refractivity contribution in [1.82, 2.24) is 0 Å². The van der Waals surface area contributed by atoms with E-state index >= 15 is 0 Å². The van der Waals surface area contributed by atoms with Gasteiger partial charge in [0.15, 0.2) is 0 Å². The number of rotatable bonds is 3. The van der Waals surface area contributed by atoms with Crippen LogP contribution in [0, 0.1) is 6.92 Å². The summed E-state index contributed by atoms with van der Waals surface area (Å²) in [4.78, 5) is 0. The zero-order valence-electron chi connectivity index (χ0n) is 11.5. The third-order valence-electron chi connectivity index (χ3n) is 4.21. The number of hydrogen-bond acceptors (Lipinski definition) is 2. The molecule has 0 radical (unpaired) electrons. The van der Waals surface area contributed by atoms with Crippen molar-refractivity contribution in [3.63, 3.8) is 0 Å². The fourth-order valence-electron chi connectivity index (χ4n) is 2.89.